The molecule has 2 saturated heterocycles. The zero-order valence-corrected chi connectivity index (χ0v) is 13.8. The third-order valence-electron chi connectivity index (χ3n) is 5.31. The molecule has 1 unspecified atom stereocenters. The molecule has 136 valence electrons. The zero-order valence-electron chi connectivity index (χ0n) is 13.8. The Morgan fingerprint density at radius 3 is 2.85 bits per heavy atom. The maximum absolute atomic E-state index is 13.0. The van der Waals surface area contributed by atoms with Crippen molar-refractivity contribution in [3.05, 3.63) is 23.8 Å². The van der Waals surface area contributed by atoms with Crippen LogP contribution >= 0.6 is 0 Å². The molecule has 0 saturated carbocycles. The fourth-order valence-electron chi connectivity index (χ4n) is 4.01. The molecular formula is C16H16F3N7. The lowest BCUT2D eigenvalue weighted by atomic mass is 10.1. The number of alkyl halides is 3. The molecule has 10 heteroatoms. The molecule has 7 nitrogen and oxygen atoms in total. The molecule has 1 aromatic carbocycles. The van der Waals surface area contributed by atoms with E-state index in [1.165, 1.54) is 17.0 Å². The van der Waals surface area contributed by atoms with Gasteiger partial charge in [0.15, 0.2) is 5.65 Å². The fourth-order valence-corrected chi connectivity index (χ4v) is 4.01. The Balaban J connectivity index is 1.63. The van der Waals surface area contributed by atoms with E-state index in [9.17, 15) is 13.2 Å². The minimum absolute atomic E-state index is 0.296. The van der Waals surface area contributed by atoms with Gasteiger partial charge in [0.25, 0.3) is 0 Å². The maximum Gasteiger partial charge on any atom is 0.416 e. The van der Waals surface area contributed by atoms with Gasteiger partial charge in [0.2, 0.25) is 5.95 Å². The highest BCUT2D eigenvalue weighted by molar-refractivity contribution is 5.92. The van der Waals surface area contributed by atoms with E-state index >= 15 is 0 Å². The molecule has 2 aliphatic rings. The first-order valence-electron chi connectivity index (χ1n) is 8.59. The van der Waals surface area contributed by atoms with Gasteiger partial charge in [-0.1, -0.05) is 0 Å². The van der Waals surface area contributed by atoms with Crippen molar-refractivity contribution in [2.75, 3.05) is 31.1 Å². The van der Waals surface area contributed by atoms with Crippen LogP contribution in [0.25, 0.3) is 16.6 Å². The minimum atomic E-state index is -4.42. The van der Waals surface area contributed by atoms with E-state index < -0.39 is 11.7 Å². The summed E-state index contributed by atoms with van der Waals surface area (Å²) in [6, 6.07) is 3.99. The molecule has 2 fully saturated rings. The van der Waals surface area contributed by atoms with E-state index in [0.29, 0.717) is 28.5 Å². The van der Waals surface area contributed by atoms with Crippen molar-refractivity contribution in [1.29, 1.82) is 0 Å². The Morgan fingerprint density at radius 1 is 1.12 bits per heavy atom. The van der Waals surface area contributed by atoms with Gasteiger partial charge in [-0.15, -0.1) is 5.10 Å². The molecule has 26 heavy (non-hydrogen) atoms. The smallest absolute Gasteiger partial charge is 0.338 e. The molecule has 0 bridgehead atoms. The Bertz CT molecular complexity index is 983. The molecule has 0 radical (unpaired) electrons. The third kappa shape index (κ3) is 2.39. The molecule has 3 aromatic rings. The first-order chi connectivity index (χ1) is 12.5. The second-order valence-corrected chi connectivity index (χ2v) is 6.83. The fraction of sp³-hybridized carbons (Fsp3) is 0.500. The van der Waals surface area contributed by atoms with Crippen LogP contribution in [0.4, 0.5) is 19.1 Å². The second-order valence-electron chi connectivity index (χ2n) is 6.83. The van der Waals surface area contributed by atoms with Gasteiger partial charge >= 0.3 is 6.18 Å². The van der Waals surface area contributed by atoms with Crippen molar-refractivity contribution < 1.29 is 13.2 Å². The lowest BCUT2D eigenvalue weighted by molar-refractivity contribution is -0.137. The lowest BCUT2D eigenvalue weighted by Crippen LogP contribution is -2.51. The van der Waals surface area contributed by atoms with Crippen LogP contribution in [0, 0.1) is 0 Å². The summed E-state index contributed by atoms with van der Waals surface area (Å²) >= 11 is 0. The van der Waals surface area contributed by atoms with Gasteiger partial charge in [0.1, 0.15) is 0 Å². The van der Waals surface area contributed by atoms with E-state index in [0.717, 1.165) is 44.7 Å². The van der Waals surface area contributed by atoms with Crippen LogP contribution in [0.15, 0.2) is 18.2 Å². The van der Waals surface area contributed by atoms with Crippen LogP contribution < -0.4 is 4.90 Å². The minimum Gasteiger partial charge on any atom is -0.338 e. The number of rotatable bonds is 1. The van der Waals surface area contributed by atoms with Crippen LogP contribution in [0.3, 0.4) is 0 Å². The summed E-state index contributed by atoms with van der Waals surface area (Å²) in [4.78, 5) is 9.21. The Labute approximate surface area is 146 Å². The maximum atomic E-state index is 13.0. The van der Waals surface area contributed by atoms with Gasteiger partial charge in [-0.05, 0) is 48.0 Å². The highest BCUT2D eigenvalue weighted by atomic mass is 19.4. The number of aromatic nitrogens is 5. The number of benzene rings is 1. The molecular weight excluding hydrogens is 347 g/mol. The van der Waals surface area contributed by atoms with Gasteiger partial charge in [-0.3, -0.25) is 4.90 Å². The van der Waals surface area contributed by atoms with Crippen LogP contribution in [-0.4, -0.2) is 62.1 Å². The summed E-state index contributed by atoms with van der Waals surface area (Å²) in [5.41, 5.74) is 0.0260. The van der Waals surface area contributed by atoms with E-state index in [2.05, 4.69) is 30.3 Å². The number of halogens is 3. The van der Waals surface area contributed by atoms with Crippen molar-refractivity contribution in [3.63, 3.8) is 0 Å². The predicted molar refractivity (Wildman–Crippen MR) is 87.9 cm³/mol. The predicted octanol–water partition coefficient (Wildman–Crippen LogP) is 1.98. The van der Waals surface area contributed by atoms with Crippen LogP contribution in [0.5, 0.6) is 0 Å². The van der Waals surface area contributed by atoms with Crippen LogP contribution in [0.1, 0.15) is 18.4 Å². The summed E-state index contributed by atoms with van der Waals surface area (Å²) in [6.07, 6.45) is -2.07. The molecule has 2 aliphatic heterocycles. The van der Waals surface area contributed by atoms with Crippen molar-refractivity contribution >= 4 is 22.5 Å². The van der Waals surface area contributed by atoms with Crippen molar-refractivity contribution in [1.82, 2.24) is 29.9 Å². The Kier molecular flexibility index (Phi) is 3.33. The van der Waals surface area contributed by atoms with Gasteiger partial charge in [-0.2, -0.15) is 17.7 Å². The molecule has 0 spiro atoms. The summed E-state index contributed by atoms with van der Waals surface area (Å²) < 4.78 is 40.6. The van der Waals surface area contributed by atoms with Crippen LogP contribution in [-0.2, 0) is 6.18 Å². The van der Waals surface area contributed by atoms with Crippen molar-refractivity contribution in [3.8, 4) is 0 Å². The van der Waals surface area contributed by atoms with E-state index in [4.69, 9.17) is 0 Å². The van der Waals surface area contributed by atoms with Crippen LogP contribution in [0.2, 0.25) is 0 Å². The summed E-state index contributed by atoms with van der Waals surface area (Å²) in [5.74, 6) is 0.587. The van der Waals surface area contributed by atoms with Crippen molar-refractivity contribution in [2.24, 2.45) is 0 Å². The summed E-state index contributed by atoms with van der Waals surface area (Å²) in [6.45, 7) is 3.70. The number of anilines is 1. The number of fused-ring (bicyclic) bond motifs is 4. The first-order valence-corrected chi connectivity index (χ1v) is 8.59. The standard InChI is InChI=1S/C16H16F3N7/c17-16(18,19)10-3-4-13-12(8-10)14-21-22-23-26(14)15(20-13)25-7-6-24-5-1-2-11(24)9-25/h3-4,8,11H,1-2,5-7,9H2. The van der Waals surface area contributed by atoms with E-state index in [1.54, 1.807) is 0 Å². The van der Waals surface area contributed by atoms with Gasteiger partial charge in [0, 0.05) is 31.1 Å². The number of nitrogens with zero attached hydrogens (tertiary/aromatic N) is 7. The first kappa shape index (κ1) is 15.7. The lowest BCUT2D eigenvalue weighted by Gasteiger charge is -2.37. The van der Waals surface area contributed by atoms with E-state index in [1.807, 2.05) is 0 Å². The summed E-state index contributed by atoms with van der Waals surface area (Å²) in [7, 11) is 0. The molecule has 5 rings (SSSR count). The quantitative estimate of drug-likeness (QED) is 0.659. The Morgan fingerprint density at radius 2 is 2.00 bits per heavy atom. The third-order valence-corrected chi connectivity index (χ3v) is 5.31. The number of piperazine rings is 1. The molecule has 0 amide bonds. The average molecular weight is 363 g/mol. The monoisotopic (exact) mass is 363 g/mol. The summed E-state index contributed by atoms with van der Waals surface area (Å²) in [5, 5.41) is 11.9. The number of hydrogen-bond donors (Lipinski definition) is 0. The van der Waals surface area contributed by atoms with E-state index in [-0.39, 0.29) is 0 Å². The molecule has 4 heterocycles. The topological polar surface area (TPSA) is 62.5 Å². The van der Waals surface area contributed by atoms with Gasteiger partial charge < -0.3 is 4.90 Å². The number of tetrazole rings is 1. The van der Waals surface area contributed by atoms with Gasteiger partial charge in [-0.25, -0.2) is 4.98 Å². The molecule has 2 aromatic heterocycles. The highest BCUT2D eigenvalue weighted by Crippen LogP contribution is 2.33. The average Bonchev–Trinajstić information content (AvgIpc) is 3.28. The molecule has 0 aliphatic carbocycles. The SMILES string of the molecule is FC(F)(F)c1ccc2nc(N3CCN4CCCC4C3)n3nnnc3c2c1. The normalized spacial score (nSPS) is 21.7. The highest BCUT2D eigenvalue weighted by Gasteiger charge is 2.33. The number of hydrogen-bond acceptors (Lipinski definition) is 6. The Hall–Kier alpha value is -2.49. The zero-order chi connectivity index (χ0) is 17.9. The van der Waals surface area contributed by atoms with Gasteiger partial charge in [0.05, 0.1) is 11.1 Å². The molecule has 1 atom stereocenters. The molecule has 0 N–H and O–H groups in total. The largest absolute Gasteiger partial charge is 0.416 e. The van der Waals surface area contributed by atoms with Crippen molar-refractivity contribution in [2.45, 2.75) is 25.1 Å². The second kappa shape index (κ2) is 5.50.